The molecule has 0 aromatic carbocycles. The Bertz CT molecular complexity index is 114. The van der Waals surface area contributed by atoms with Crippen LogP contribution in [0.2, 0.25) is 0 Å². The lowest BCUT2D eigenvalue weighted by Crippen LogP contribution is -2.37. The second-order valence-corrected chi connectivity index (χ2v) is 2.94. The van der Waals surface area contributed by atoms with Gasteiger partial charge in [0.1, 0.15) is 0 Å². The summed E-state index contributed by atoms with van der Waals surface area (Å²) in [5.74, 6) is -2.41. The lowest BCUT2D eigenvalue weighted by Gasteiger charge is -2.28. The van der Waals surface area contributed by atoms with Crippen LogP contribution < -0.4 is 5.32 Å². The van der Waals surface area contributed by atoms with E-state index in [1.54, 1.807) is 7.05 Å². The quantitative estimate of drug-likeness (QED) is 0.599. The number of halogens is 2. The van der Waals surface area contributed by atoms with E-state index in [-0.39, 0.29) is 18.9 Å². The summed E-state index contributed by atoms with van der Waals surface area (Å²) in [6, 6.07) is 0.0312. The van der Waals surface area contributed by atoms with Gasteiger partial charge in [-0.1, -0.05) is 0 Å². The lowest BCUT2D eigenvalue weighted by molar-refractivity contribution is -0.0432. The molecule has 0 radical (unpaired) electrons. The van der Waals surface area contributed by atoms with Gasteiger partial charge in [-0.2, -0.15) is 0 Å². The molecule has 0 saturated heterocycles. The zero-order valence-corrected chi connectivity index (χ0v) is 6.16. The Morgan fingerprint density at radius 2 is 2.20 bits per heavy atom. The summed E-state index contributed by atoms with van der Waals surface area (Å²) in [6.45, 7) is 0. The van der Waals surface area contributed by atoms with E-state index in [9.17, 15) is 8.78 Å². The monoisotopic (exact) mass is 149 g/mol. The van der Waals surface area contributed by atoms with Crippen LogP contribution in [0.25, 0.3) is 0 Å². The predicted octanol–water partition coefficient (Wildman–Crippen LogP) is 1.78. The van der Waals surface area contributed by atoms with Crippen LogP contribution >= 0.6 is 0 Å². The smallest absolute Gasteiger partial charge is 0.249 e. The molecule has 3 heteroatoms. The Morgan fingerprint density at radius 3 is 2.60 bits per heavy atom. The Labute approximate surface area is 59.8 Å². The van der Waals surface area contributed by atoms with Crippen molar-refractivity contribution in [1.29, 1.82) is 0 Å². The first-order valence-corrected chi connectivity index (χ1v) is 3.69. The summed E-state index contributed by atoms with van der Waals surface area (Å²) in [7, 11) is 1.74. The molecule has 1 aliphatic rings. The first-order chi connectivity index (χ1) is 4.64. The van der Waals surface area contributed by atoms with E-state index in [4.69, 9.17) is 0 Å². The fraction of sp³-hybridized carbons (Fsp3) is 1.00. The highest BCUT2D eigenvalue weighted by Gasteiger charge is 2.35. The third-order valence-electron chi connectivity index (χ3n) is 2.05. The third-order valence-corrected chi connectivity index (χ3v) is 2.05. The molecule has 0 bridgehead atoms. The van der Waals surface area contributed by atoms with Gasteiger partial charge in [-0.15, -0.1) is 0 Å². The molecular formula is C7H13F2N. The van der Waals surface area contributed by atoms with Crippen molar-refractivity contribution in [3.05, 3.63) is 0 Å². The maximum Gasteiger partial charge on any atom is 0.249 e. The number of alkyl halides is 2. The Morgan fingerprint density at radius 1 is 1.50 bits per heavy atom. The highest BCUT2D eigenvalue weighted by Crippen LogP contribution is 2.32. The first kappa shape index (κ1) is 7.92. The van der Waals surface area contributed by atoms with Crippen molar-refractivity contribution < 1.29 is 8.78 Å². The zero-order valence-electron chi connectivity index (χ0n) is 6.16. The SMILES string of the molecule is CN[C@H]1CCCC(F)(F)C1. The minimum absolute atomic E-state index is 0.0174. The largest absolute Gasteiger partial charge is 0.317 e. The zero-order chi connectivity index (χ0) is 7.61. The van der Waals surface area contributed by atoms with Crippen LogP contribution in [0.15, 0.2) is 0 Å². The molecule has 1 rings (SSSR count). The van der Waals surface area contributed by atoms with Gasteiger partial charge in [0.2, 0.25) is 5.92 Å². The normalized spacial score (nSPS) is 32.1. The molecule has 10 heavy (non-hydrogen) atoms. The molecule has 1 atom stereocenters. The highest BCUT2D eigenvalue weighted by atomic mass is 19.3. The van der Waals surface area contributed by atoms with E-state index < -0.39 is 5.92 Å². The first-order valence-electron chi connectivity index (χ1n) is 3.69. The minimum Gasteiger partial charge on any atom is -0.317 e. The summed E-state index contributed by atoms with van der Waals surface area (Å²) < 4.78 is 25.2. The van der Waals surface area contributed by atoms with Gasteiger partial charge in [0.15, 0.2) is 0 Å². The second-order valence-electron chi connectivity index (χ2n) is 2.94. The van der Waals surface area contributed by atoms with Gasteiger partial charge in [0.05, 0.1) is 0 Å². The van der Waals surface area contributed by atoms with Gasteiger partial charge in [0, 0.05) is 18.9 Å². The van der Waals surface area contributed by atoms with Gasteiger partial charge in [-0.3, -0.25) is 0 Å². The fourth-order valence-corrected chi connectivity index (χ4v) is 1.42. The Balaban J connectivity index is 2.40. The van der Waals surface area contributed by atoms with E-state index >= 15 is 0 Å². The number of rotatable bonds is 1. The molecule has 0 amide bonds. The van der Waals surface area contributed by atoms with Crippen molar-refractivity contribution in [3.8, 4) is 0 Å². The maximum atomic E-state index is 12.6. The summed E-state index contributed by atoms with van der Waals surface area (Å²) in [5.41, 5.74) is 0. The van der Waals surface area contributed by atoms with E-state index in [1.165, 1.54) is 0 Å². The van der Waals surface area contributed by atoms with Gasteiger partial charge >= 0.3 is 0 Å². The minimum atomic E-state index is -2.41. The van der Waals surface area contributed by atoms with Crippen LogP contribution in [-0.2, 0) is 0 Å². The Hall–Kier alpha value is -0.180. The average molecular weight is 149 g/mol. The molecular weight excluding hydrogens is 136 g/mol. The molecule has 1 saturated carbocycles. The molecule has 0 aromatic heterocycles. The summed E-state index contributed by atoms with van der Waals surface area (Å²) in [6.07, 6.45) is 1.64. The van der Waals surface area contributed by atoms with Crippen LogP contribution in [0.3, 0.4) is 0 Å². The van der Waals surface area contributed by atoms with Crippen molar-refractivity contribution in [2.24, 2.45) is 0 Å². The van der Waals surface area contributed by atoms with Crippen molar-refractivity contribution in [2.45, 2.75) is 37.6 Å². The van der Waals surface area contributed by atoms with Crippen LogP contribution in [0, 0.1) is 0 Å². The van der Waals surface area contributed by atoms with Crippen LogP contribution in [-0.4, -0.2) is 19.0 Å². The summed E-state index contributed by atoms with van der Waals surface area (Å²) in [4.78, 5) is 0. The second kappa shape index (κ2) is 2.82. The molecule has 0 spiro atoms. The lowest BCUT2D eigenvalue weighted by atomic mass is 9.92. The van der Waals surface area contributed by atoms with Crippen LogP contribution in [0.5, 0.6) is 0 Å². The van der Waals surface area contributed by atoms with Crippen molar-refractivity contribution in [1.82, 2.24) is 5.32 Å². The van der Waals surface area contributed by atoms with E-state index in [0.717, 1.165) is 6.42 Å². The molecule has 0 aliphatic heterocycles. The summed E-state index contributed by atoms with van der Waals surface area (Å²) >= 11 is 0. The topological polar surface area (TPSA) is 12.0 Å². The van der Waals surface area contributed by atoms with Gasteiger partial charge in [-0.05, 0) is 19.9 Å². The molecule has 0 aromatic rings. The maximum absolute atomic E-state index is 12.6. The number of nitrogens with one attached hydrogen (secondary N) is 1. The van der Waals surface area contributed by atoms with Crippen molar-refractivity contribution in [3.63, 3.8) is 0 Å². The third kappa shape index (κ3) is 1.90. The molecule has 60 valence electrons. The Kier molecular flexibility index (Phi) is 2.24. The number of hydrogen-bond acceptors (Lipinski definition) is 1. The molecule has 0 unspecified atom stereocenters. The van der Waals surface area contributed by atoms with Gasteiger partial charge < -0.3 is 5.32 Å². The average Bonchev–Trinajstić information content (AvgIpc) is 1.86. The van der Waals surface area contributed by atoms with E-state index in [1.807, 2.05) is 0 Å². The standard InChI is InChI=1S/C7H13F2N/c1-10-6-3-2-4-7(8,9)5-6/h6,10H,2-5H2,1H3/t6-/m0/s1. The van der Waals surface area contributed by atoms with E-state index in [2.05, 4.69) is 5.32 Å². The fourth-order valence-electron chi connectivity index (χ4n) is 1.42. The molecule has 1 nitrogen and oxygen atoms in total. The molecule has 1 N–H and O–H groups in total. The molecule has 1 fully saturated rings. The van der Waals surface area contributed by atoms with Gasteiger partial charge in [-0.25, -0.2) is 8.78 Å². The van der Waals surface area contributed by atoms with Gasteiger partial charge in [0.25, 0.3) is 0 Å². The van der Waals surface area contributed by atoms with Crippen LogP contribution in [0.1, 0.15) is 25.7 Å². The predicted molar refractivity (Wildman–Crippen MR) is 36.3 cm³/mol. The van der Waals surface area contributed by atoms with Crippen molar-refractivity contribution in [2.75, 3.05) is 7.05 Å². The van der Waals surface area contributed by atoms with Crippen molar-refractivity contribution >= 4 is 0 Å². The molecule has 0 heterocycles. The number of hydrogen-bond donors (Lipinski definition) is 1. The summed E-state index contributed by atoms with van der Waals surface area (Å²) in [5, 5.41) is 2.88. The van der Waals surface area contributed by atoms with Crippen LogP contribution in [0.4, 0.5) is 8.78 Å². The van der Waals surface area contributed by atoms with E-state index in [0.29, 0.717) is 6.42 Å². The highest BCUT2D eigenvalue weighted by molar-refractivity contribution is 4.81. The molecule has 1 aliphatic carbocycles.